The van der Waals surface area contributed by atoms with Crippen molar-refractivity contribution in [2.75, 3.05) is 0 Å². The quantitative estimate of drug-likeness (QED) is 0.466. The highest BCUT2D eigenvalue weighted by molar-refractivity contribution is 6.19. The van der Waals surface area contributed by atoms with Gasteiger partial charge < -0.3 is 0 Å². The number of carbonyl (C=O) groups is 2. The number of hydrogen-bond donors (Lipinski definition) is 3. The Bertz CT molecular complexity index is 239. The van der Waals surface area contributed by atoms with Gasteiger partial charge in [-0.25, -0.2) is 0 Å². The second kappa shape index (κ2) is 2.58. The Kier molecular flexibility index (Phi) is 1.87. The molecule has 5 heteroatoms. The molecule has 1 saturated heterocycles. The van der Waals surface area contributed by atoms with E-state index in [2.05, 4.69) is 10.6 Å². The van der Waals surface area contributed by atoms with Crippen molar-refractivity contribution in [2.24, 2.45) is 5.41 Å². The van der Waals surface area contributed by atoms with Gasteiger partial charge in [-0.15, -0.1) is 0 Å². The van der Waals surface area contributed by atoms with Crippen LogP contribution in [0.25, 0.3) is 0 Å². The molecule has 1 aliphatic heterocycles. The second-order valence-corrected chi connectivity index (χ2v) is 2.97. The van der Waals surface area contributed by atoms with Gasteiger partial charge in [-0.05, 0) is 13.3 Å². The fourth-order valence-electron chi connectivity index (χ4n) is 0.958. The van der Waals surface area contributed by atoms with Gasteiger partial charge in [0.25, 0.3) is 0 Å². The Morgan fingerprint density at radius 3 is 2.08 bits per heavy atom. The van der Waals surface area contributed by atoms with E-state index in [1.54, 1.807) is 13.8 Å². The Morgan fingerprint density at radius 2 is 1.75 bits per heavy atom. The molecule has 0 bridgehead atoms. The zero-order valence-electron chi connectivity index (χ0n) is 7.02. The van der Waals surface area contributed by atoms with E-state index in [-0.39, 0.29) is 5.96 Å². The average molecular weight is 169 g/mol. The first-order chi connectivity index (χ1) is 5.50. The lowest BCUT2D eigenvalue weighted by atomic mass is 9.84. The SMILES string of the molecule is CCC1(C)C(=O)NC(=N)NC1=O. The summed E-state index contributed by atoms with van der Waals surface area (Å²) in [5.41, 5.74) is -1.02. The van der Waals surface area contributed by atoms with E-state index >= 15 is 0 Å². The number of nitrogens with one attached hydrogen (secondary N) is 3. The zero-order chi connectivity index (χ0) is 9.35. The van der Waals surface area contributed by atoms with Crippen LogP contribution in [0.1, 0.15) is 20.3 Å². The molecule has 5 nitrogen and oxygen atoms in total. The van der Waals surface area contributed by atoms with Crippen molar-refractivity contribution in [1.29, 1.82) is 5.41 Å². The zero-order valence-corrected chi connectivity index (χ0v) is 7.02. The first kappa shape index (κ1) is 8.70. The van der Waals surface area contributed by atoms with E-state index in [0.29, 0.717) is 6.42 Å². The fourth-order valence-corrected chi connectivity index (χ4v) is 0.958. The van der Waals surface area contributed by atoms with Crippen LogP contribution < -0.4 is 10.6 Å². The molecule has 2 amide bonds. The summed E-state index contributed by atoms with van der Waals surface area (Å²) in [4.78, 5) is 22.5. The van der Waals surface area contributed by atoms with E-state index in [0.717, 1.165) is 0 Å². The van der Waals surface area contributed by atoms with Gasteiger partial charge in [0, 0.05) is 0 Å². The van der Waals surface area contributed by atoms with Gasteiger partial charge in [0.15, 0.2) is 0 Å². The van der Waals surface area contributed by atoms with Crippen LogP contribution in [0.3, 0.4) is 0 Å². The molecule has 1 fully saturated rings. The summed E-state index contributed by atoms with van der Waals surface area (Å²) in [6.07, 6.45) is 0.429. The lowest BCUT2D eigenvalue weighted by Crippen LogP contribution is -2.61. The third-order valence-corrected chi connectivity index (χ3v) is 2.19. The third-order valence-electron chi connectivity index (χ3n) is 2.19. The van der Waals surface area contributed by atoms with Gasteiger partial charge >= 0.3 is 0 Å². The Labute approximate surface area is 70.0 Å². The average Bonchev–Trinajstić information content (AvgIpc) is 2.00. The Balaban J connectivity index is 2.95. The molecule has 0 aromatic carbocycles. The molecule has 12 heavy (non-hydrogen) atoms. The smallest absolute Gasteiger partial charge is 0.242 e. The van der Waals surface area contributed by atoms with Gasteiger partial charge in [0.2, 0.25) is 17.8 Å². The van der Waals surface area contributed by atoms with Crippen LogP contribution in [-0.2, 0) is 9.59 Å². The molecular formula is C7H11N3O2. The molecular weight excluding hydrogens is 158 g/mol. The van der Waals surface area contributed by atoms with Gasteiger partial charge in [-0.2, -0.15) is 0 Å². The number of hydrogen-bond acceptors (Lipinski definition) is 3. The number of amides is 2. The van der Waals surface area contributed by atoms with Crippen molar-refractivity contribution >= 4 is 17.8 Å². The molecule has 0 unspecified atom stereocenters. The van der Waals surface area contributed by atoms with Crippen molar-refractivity contribution in [1.82, 2.24) is 10.6 Å². The second-order valence-electron chi connectivity index (χ2n) is 2.97. The van der Waals surface area contributed by atoms with Crippen LogP contribution in [0.5, 0.6) is 0 Å². The van der Waals surface area contributed by atoms with Crippen molar-refractivity contribution in [3.63, 3.8) is 0 Å². The molecule has 0 radical (unpaired) electrons. The van der Waals surface area contributed by atoms with Crippen LogP contribution in [0.2, 0.25) is 0 Å². The summed E-state index contributed by atoms with van der Waals surface area (Å²) in [6, 6.07) is 0. The minimum Gasteiger partial charge on any atom is -0.296 e. The van der Waals surface area contributed by atoms with Crippen LogP contribution >= 0.6 is 0 Å². The summed E-state index contributed by atoms with van der Waals surface area (Å²) in [5, 5.41) is 11.6. The highest BCUT2D eigenvalue weighted by Crippen LogP contribution is 2.23. The number of rotatable bonds is 1. The van der Waals surface area contributed by atoms with E-state index in [1.165, 1.54) is 0 Å². The molecule has 0 saturated carbocycles. The fraction of sp³-hybridized carbons (Fsp3) is 0.571. The summed E-state index contributed by atoms with van der Waals surface area (Å²) in [5.74, 6) is -1.05. The van der Waals surface area contributed by atoms with Crippen LogP contribution in [-0.4, -0.2) is 17.8 Å². The van der Waals surface area contributed by atoms with E-state index in [9.17, 15) is 9.59 Å². The lowest BCUT2D eigenvalue weighted by Gasteiger charge is -2.30. The van der Waals surface area contributed by atoms with Gasteiger partial charge in [-0.3, -0.25) is 25.6 Å². The molecule has 0 aromatic heterocycles. The lowest BCUT2D eigenvalue weighted by molar-refractivity contribution is -0.142. The van der Waals surface area contributed by atoms with Crippen LogP contribution in [0.15, 0.2) is 0 Å². The topological polar surface area (TPSA) is 82.1 Å². The molecule has 0 aromatic rings. The molecule has 66 valence electrons. The maximum absolute atomic E-state index is 11.3. The predicted octanol–water partition coefficient (Wildman–Crippen LogP) is -0.417. The summed E-state index contributed by atoms with van der Waals surface area (Å²) in [7, 11) is 0. The summed E-state index contributed by atoms with van der Waals surface area (Å²) >= 11 is 0. The third kappa shape index (κ3) is 1.07. The van der Waals surface area contributed by atoms with Crippen molar-refractivity contribution in [3.8, 4) is 0 Å². The van der Waals surface area contributed by atoms with Crippen molar-refractivity contribution < 1.29 is 9.59 Å². The molecule has 0 spiro atoms. The largest absolute Gasteiger partial charge is 0.296 e. The van der Waals surface area contributed by atoms with E-state index < -0.39 is 17.2 Å². The van der Waals surface area contributed by atoms with Gasteiger partial charge in [-0.1, -0.05) is 6.92 Å². The molecule has 1 heterocycles. The Morgan fingerprint density at radius 1 is 1.33 bits per heavy atom. The minimum atomic E-state index is -1.02. The monoisotopic (exact) mass is 169 g/mol. The van der Waals surface area contributed by atoms with Crippen molar-refractivity contribution in [2.45, 2.75) is 20.3 Å². The highest BCUT2D eigenvalue weighted by atomic mass is 16.2. The maximum Gasteiger partial charge on any atom is 0.242 e. The molecule has 0 aliphatic carbocycles. The highest BCUT2D eigenvalue weighted by Gasteiger charge is 2.43. The molecule has 0 atom stereocenters. The number of carbonyl (C=O) groups excluding carboxylic acids is 2. The van der Waals surface area contributed by atoms with Crippen LogP contribution in [0.4, 0.5) is 0 Å². The van der Waals surface area contributed by atoms with E-state index in [1.807, 2.05) is 0 Å². The minimum absolute atomic E-state index is 0.240. The first-order valence-corrected chi connectivity index (χ1v) is 3.72. The summed E-state index contributed by atoms with van der Waals surface area (Å²) in [6.45, 7) is 3.32. The normalized spacial score (nSPS) is 29.7. The maximum atomic E-state index is 11.3. The van der Waals surface area contributed by atoms with Crippen LogP contribution in [0, 0.1) is 10.8 Å². The predicted molar refractivity (Wildman–Crippen MR) is 42.4 cm³/mol. The number of guanidine groups is 1. The Hall–Kier alpha value is -1.39. The molecule has 1 aliphatic rings. The van der Waals surface area contributed by atoms with Gasteiger partial charge in [0.05, 0.1) is 0 Å². The van der Waals surface area contributed by atoms with Crippen molar-refractivity contribution in [3.05, 3.63) is 0 Å². The molecule has 3 N–H and O–H groups in total. The standard InChI is InChI=1S/C7H11N3O2/c1-3-7(2)4(11)9-6(8)10-5(7)12/h3H2,1-2H3,(H3,8,9,10,11,12). The van der Waals surface area contributed by atoms with Gasteiger partial charge in [0.1, 0.15) is 5.41 Å². The molecule has 1 rings (SSSR count). The first-order valence-electron chi connectivity index (χ1n) is 3.72. The summed E-state index contributed by atoms with van der Waals surface area (Å²) < 4.78 is 0. The van der Waals surface area contributed by atoms with E-state index in [4.69, 9.17) is 5.41 Å².